The van der Waals surface area contributed by atoms with Crippen molar-refractivity contribution in [1.29, 1.82) is 0 Å². The van der Waals surface area contributed by atoms with Crippen molar-refractivity contribution >= 4 is 0 Å². The van der Waals surface area contributed by atoms with Gasteiger partial charge < -0.3 is 0 Å². The number of nitrogens with zero attached hydrogens (tertiary/aromatic N) is 1. The Kier molecular flexibility index (Phi) is 3.01. The highest BCUT2D eigenvalue weighted by Crippen LogP contribution is 2.19. The van der Waals surface area contributed by atoms with E-state index >= 15 is 0 Å². The fourth-order valence-corrected chi connectivity index (χ4v) is 1.22. The Morgan fingerprint density at radius 2 is 1.77 bits per heavy atom. The first-order valence-electron chi connectivity index (χ1n) is 4.31. The SMILES string of the molecule is CC(c1ccccc1)[C@H](C)[N+](=O)[O-]. The molecule has 0 aliphatic carbocycles. The highest BCUT2D eigenvalue weighted by atomic mass is 16.6. The molecular formula is C10H13NO2. The van der Waals surface area contributed by atoms with E-state index in [-0.39, 0.29) is 10.8 Å². The van der Waals surface area contributed by atoms with Crippen molar-refractivity contribution in [3.8, 4) is 0 Å². The van der Waals surface area contributed by atoms with Gasteiger partial charge in [-0.1, -0.05) is 37.3 Å². The van der Waals surface area contributed by atoms with Gasteiger partial charge in [0.05, 0.1) is 0 Å². The van der Waals surface area contributed by atoms with Gasteiger partial charge in [-0.2, -0.15) is 0 Å². The lowest BCUT2D eigenvalue weighted by atomic mass is 9.95. The average molecular weight is 179 g/mol. The number of nitro groups is 1. The van der Waals surface area contributed by atoms with Gasteiger partial charge in [0.15, 0.2) is 0 Å². The summed E-state index contributed by atoms with van der Waals surface area (Å²) in [6.07, 6.45) is 0. The predicted octanol–water partition coefficient (Wildman–Crippen LogP) is 2.46. The standard InChI is InChI=1S/C10H13NO2/c1-8(9(2)11(12)13)10-6-4-3-5-7-10/h3-9H,1-2H3/t8?,9-/m0/s1. The molecule has 0 heterocycles. The fourth-order valence-electron chi connectivity index (χ4n) is 1.22. The number of rotatable bonds is 3. The maximum Gasteiger partial charge on any atom is 0.216 e. The monoisotopic (exact) mass is 179 g/mol. The van der Waals surface area contributed by atoms with Gasteiger partial charge >= 0.3 is 0 Å². The molecule has 0 saturated carbocycles. The van der Waals surface area contributed by atoms with Gasteiger partial charge in [0.25, 0.3) is 0 Å². The molecule has 1 unspecified atom stereocenters. The Morgan fingerprint density at radius 3 is 2.23 bits per heavy atom. The van der Waals surface area contributed by atoms with Gasteiger partial charge in [-0.25, -0.2) is 0 Å². The minimum atomic E-state index is -0.526. The van der Waals surface area contributed by atoms with Gasteiger partial charge in [-0.3, -0.25) is 10.1 Å². The molecule has 1 aromatic carbocycles. The van der Waals surface area contributed by atoms with E-state index in [0.717, 1.165) is 5.56 Å². The molecule has 3 nitrogen and oxygen atoms in total. The topological polar surface area (TPSA) is 43.1 Å². The molecule has 13 heavy (non-hydrogen) atoms. The van der Waals surface area contributed by atoms with Crippen LogP contribution in [-0.4, -0.2) is 11.0 Å². The Labute approximate surface area is 77.5 Å². The molecule has 0 spiro atoms. The summed E-state index contributed by atoms with van der Waals surface area (Å²) in [6.45, 7) is 3.51. The van der Waals surface area contributed by atoms with Crippen LogP contribution in [0.15, 0.2) is 30.3 Å². The summed E-state index contributed by atoms with van der Waals surface area (Å²) in [5.74, 6) is -0.0313. The Bertz CT molecular complexity index is 284. The smallest absolute Gasteiger partial charge is 0.216 e. The maximum atomic E-state index is 10.5. The van der Waals surface area contributed by atoms with Crippen LogP contribution in [0.4, 0.5) is 0 Å². The highest BCUT2D eigenvalue weighted by Gasteiger charge is 2.22. The van der Waals surface area contributed by atoms with Crippen LogP contribution in [0.25, 0.3) is 0 Å². The minimum absolute atomic E-state index is 0.0313. The molecule has 0 aliphatic rings. The van der Waals surface area contributed by atoms with Crippen LogP contribution in [0.5, 0.6) is 0 Å². The predicted molar refractivity (Wildman–Crippen MR) is 51.3 cm³/mol. The van der Waals surface area contributed by atoms with Crippen molar-refractivity contribution in [3.63, 3.8) is 0 Å². The second-order valence-corrected chi connectivity index (χ2v) is 3.23. The summed E-state index contributed by atoms with van der Waals surface area (Å²) in [5.41, 5.74) is 1.02. The lowest BCUT2D eigenvalue weighted by molar-refractivity contribution is -0.521. The normalized spacial score (nSPS) is 14.9. The van der Waals surface area contributed by atoms with Crippen molar-refractivity contribution in [1.82, 2.24) is 0 Å². The molecule has 2 atom stereocenters. The molecule has 3 heteroatoms. The molecule has 0 fully saturated rings. The van der Waals surface area contributed by atoms with E-state index in [0.29, 0.717) is 0 Å². The van der Waals surface area contributed by atoms with Crippen LogP contribution in [0.1, 0.15) is 25.3 Å². The average Bonchev–Trinajstić information content (AvgIpc) is 2.17. The molecular weight excluding hydrogens is 166 g/mol. The summed E-state index contributed by atoms with van der Waals surface area (Å²) in [7, 11) is 0. The van der Waals surface area contributed by atoms with E-state index < -0.39 is 6.04 Å². The van der Waals surface area contributed by atoms with Gasteiger partial charge in [-0.15, -0.1) is 0 Å². The maximum absolute atomic E-state index is 10.5. The summed E-state index contributed by atoms with van der Waals surface area (Å²) in [4.78, 5) is 10.3. The molecule has 0 radical (unpaired) electrons. The molecule has 0 saturated heterocycles. The van der Waals surface area contributed by atoms with Crippen LogP contribution in [0.2, 0.25) is 0 Å². The van der Waals surface area contributed by atoms with Crippen LogP contribution >= 0.6 is 0 Å². The summed E-state index contributed by atoms with van der Waals surface area (Å²) >= 11 is 0. The largest absolute Gasteiger partial charge is 0.264 e. The van der Waals surface area contributed by atoms with Crippen molar-refractivity contribution in [2.24, 2.45) is 0 Å². The van der Waals surface area contributed by atoms with Crippen molar-refractivity contribution in [2.75, 3.05) is 0 Å². The molecule has 0 amide bonds. The highest BCUT2D eigenvalue weighted by molar-refractivity contribution is 5.19. The molecule has 0 aromatic heterocycles. The lowest BCUT2D eigenvalue weighted by Gasteiger charge is -2.12. The quantitative estimate of drug-likeness (QED) is 0.528. The van der Waals surface area contributed by atoms with Gasteiger partial charge in [0, 0.05) is 17.8 Å². The number of benzene rings is 1. The fraction of sp³-hybridized carbons (Fsp3) is 0.400. The van der Waals surface area contributed by atoms with Gasteiger partial charge in [-0.05, 0) is 5.56 Å². The summed E-state index contributed by atoms with van der Waals surface area (Å²) < 4.78 is 0. The molecule has 1 rings (SSSR count). The van der Waals surface area contributed by atoms with Crippen molar-refractivity contribution < 1.29 is 4.92 Å². The second-order valence-electron chi connectivity index (χ2n) is 3.23. The third kappa shape index (κ3) is 2.28. The molecule has 0 aliphatic heterocycles. The third-order valence-electron chi connectivity index (χ3n) is 2.38. The molecule has 0 bridgehead atoms. The Balaban J connectivity index is 2.79. The van der Waals surface area contributed by atoms with E-state index in [1.165, 1.54) is 0 Å². The first-order valence-corrected chi connectivity index (χ1v) is 4.31. The van der Waals surface area contributed by atoms with E-state index in [1.807, 2.05) is 37.3 Å². The Morgan fingerprint density at radius 1 is 1.23 bits per heavy atom. The van der Waals surface area contributed by atoms with E-state index in [4.69, 9.17) is 0 Å². The summed E-state index contributed by atoms with van der Waals surface area (Å²) in [6, 6.07) is 9.03. The molecule has 1 aromatic rings. The zero-order chi connectivity index (χ0) is 9.84. The third-order valence-corrected chi connectivity index (χ3v) is 2.38. The zero-order valence-corrected chi connectivity index (χ0v) is 7.81. The van der Waals surface area contributed by atoms with Crippen molar-refractivity contribution in [3.05, 3.63) is 46.0 Å². The molecule has 70 valence electrons. The first kappa shape index (κ1) is 9.71. The van der Waals surface area contributed by atoms with Crippen LogP contribution in [-0.2, 0) is 0 Å². The Hall–Kier alpha value is -1.38. The van der Waals surface area contributed by atoms with Gasteiger partial charge in [0.1, 0.15) is 0 Å². The summed E-state index contributed by atoms with van der Waals surface area (Å²) in [5, 5.41) is 10.5. The molecule has 0 N–H and O–H groups in total. The first-order chi connectivity index (χ1) is 6.13. The lowest BCUT2D eigenvalue weighted by Crippen LogP contribution is -2.21. The van der Waals surface area contributed by atoms with Crippen LogP contribution in [0, 0.1) is 10.1 Å². The zero-order valence-electron chi connectivity index (χ0n) is 7.81. The van der Waals surface area contributed by atoms with Crippen molar-refractivity contribution in [2.45, 2.75) is 25.8 Å². The number of hydrogen-bond acceptors (Lipinski definition) is 2. The van der Waals surface area contributed by atoms with E-state index in [1.54, 1.807) is 6.92 Å². The van der Waals surface area contributed by atoms with Crippen LogP contribution < -0.4 is 0 Å². The van der Waals surface area contributed by atoms with Gasteiger partial charge in [0.2, 0.25) is 6.04 Å². The minimum Gasteiger partial charge on any atom is -0.264 e. The second kappa shape index (κ2) is 4.03. The number of hydrogen-bond donors (Lipinski definition) is 0. The van der Waals surface area contributed by atoms with E-state index in [9.17, 15) is 10.1 Å². The van der Waals surface area contributed by atoms with E-state index in [2.05, 4.69) is 0 Å². The van der Waals surface area contributed by atoms with Crippen LogP contribution in [0.3, 0.4) is 0 Å².